The number of nitrogens with two attached hydrogens (primary N) is 1. The number of benzene rings is 1. The predicted octanol–water partition coefficient (Wildman–Crippen LogP) is 2.03. The number of hydrogen-bond acceptors (Lipinski definition) is 3. The molecule has 21 heavy (non-hydrogen) atoms. The molecule has 1 atom stereocenters. The fourth-order valence-electron chi connectivity index (χ4n) is 3.49. The molecule has 114 valence electrons. The van der Waals surface area contributed by atoms with Crippen LogP contribution in [0.2, 0.25) is 0 Å². The lowest BCUT2D eigenvalue weighted by atomic mass is 9.91. The number of fused-ring (bicyclic) bond motifs is 1. The van der Waals surface area contributed by atoms with Crippen LogP contribution < -0.4 is 16.4 Å². The van der Waals surface area contributed by atoms with Gasteiger partial charge in [-0.2, -0.15) is 0 Å². The van der Waals surface area contributed by atoms with Crippen LogP contribution in [-0.4, -0.2) is 24.0 Å². The Kier molecular flexibility index (Phi) is 3.89. The zero-order valence-corrected chi connectivity index (χ0v) is 12.9. The molecule has 0 spiro atoms. The van der Waals surface area contributed by atoms with E-state index < -0.39 is 0 Å². The van der Waals surface area contributed by atoms with Crippen LogP contribution in [-0.2, 0) is 11.2 Å². The summed E-state index contributed by atoms with van der Waals surface area (Å²) in [5, 5.41) is 6.60. The molecule has 4 heteroatoms. The van der Waals surface area contributed by atoms with E-state index in [0.717, 1.165) is 37.8 Å². The molecule has 4 nitrogen and oxygen atoms in total. The Morgan fingerprint density at radius 1 is 1.19 bits per heavy atom. The molecule has 3 rings (SSSR count). The second-order valence-corrected chi connectivity index (χ2v) is 6.57. The Labute approximate surface area is 126 Å². The highest BCUT2D eigenvalue weighted by Gasteiger charge is 2.30. The second-order valence-electron chi connectivity index (χ2n) is 6.57. The molecule has 4 N–H and O–H groups in total. The van der Waals surface area contributed by atoms with Crippen LogP contribution in [0.5, 0.6) is 0 Å². The van der Waals surface area contributed by atoms with E-state index >= 15 is 0 Å². The van der Waals surface area contributed by atoms with Crippen LogP contribution in [0.1, 0.15) is 42.4 Å². The minimum Gasteiger partial charge on any atom is -0.373 e. The monoisotopic (exact) mass is 287 g/mol. The highest BCUT2D eigenvalue weighted by molar-refractivity contribution is 5.88. The number of rotatable bonds is 2. The van der Waals surface area contributed by atoms with Gasteiger partial charge in [0.15, 0.2) is 0 Å². The number of nitrogens with one attached hydrogen (secondary N) is 2. The normalized spacial score (nSPS) is 27.9. The summed E-state index contributed by atoms with van der Waals surface area (Å²) in [5.41, 5.74) is 10.8. The number of aryl methyl sites for hydroxylation is 2. The van der Waals surface area contributed by atoms with Crippen molar-refractivity contribution in [2.75, 3.05) is 5.32 Å². The van der Waals surface area contributed by atoms with E-state index in [4.69, 9.17) is 5.73 Å². The fourth-order valence-corrected chi connectivity index (χ4v) is 3.49. The van der Waals surface area contributed by atoms with Gasteiger partial charge in [0.2, 0.25) is 5.91 Å². The molecular formula is C17H25N3O. The van der Waals surface area contributed by atoms with Crippen molar-refractivity contribution in [2.24, 2.45) is 5.73 Å². The summed E-state index contributed by atoms with van der Waals surface area (Å²) in [6.07, 6.45) is 4.83. The summed E-state index contributed by atoms with van der Waals surface area (Å²) < 4.78 is 0. The highest BCUT2D eigenvalue weighted by Crippen LogP contribution is 2.32. The zero-order chi connectivity index (χ0) is 15.0. The molecule has 0 bridgehead atoms. The highest BCUT2D eigenvalue weighted by atomic mass is 16.2. The third kappa shape index (κ3) is 2.91. The number of anilines is 1. The zero-order valence-electron chi connectivity index (χ0n) is 12.9. The minimum absolute atomic E-state index is 0.129. The average Bonchev–Trinajstić information content (AvgIpc) is 2.92. The van der Waals surface area contributed by atoms with Crippen molar-refractivity contribution in [3.8, 4) is 0 Å². The first-order valence-corrected chi connectivity index (χ1v) is 7.96. The van der Waals surface area contributed by atoms with Crippen LogP contribution in [0.25, 0.3) is 0 Å². The summed E-state index contributed by atoms with van der Waals surface area (Å²) in [7, 11) is 0. The third-order valence-electron chi connectivity index (χ3n) is 4.92. The van der Waals surface area contributed by atoms with Gasteiger partial charge in [-0.05, 0) is 56.2 Å². The van der Waals surface area contributed by atoms with E-state index in [1.165, 1.54) is 16.7 Å². The molecule has 0 saturated heterocycles. The van der Waals surface area contributed by atoms with Gasteiger partial charge in [0.25, 0.3) is 0 Å². The summed E-state index contributed by atoms with van der Waals surface area (Å²) >= 11 is 0. The van der Waals surface area contributed by atoms with E-state index in [-0.39, 0.29) is 11.9 Å². The lowest BCUT2D eigenvalue weighted by Crippen LogP contribution is -2.46. The van der Waals surface area contributed by atoms with E-state index in [1.54, 1.807) is 0 Å². The van der Waals surface area contributed by atoms with Crippen LogP contribution >= 0.6 is 0 Å². The molecule has 1 saturated carbocycles. The Bertz CT molecular complexity index is 516. The standard InChI is InChI=1S/C17H25N3O/c1-10-3-4-11(2)16-14(10)9-15(20-16)17(21)19-13-7-5-12(18)6-8-13/h3-4,12-13,15,20H,5-9,18H2,1-2H3,(H,19,21). The number of carbonyl (C=O) groups excluding carboxylic acids is 1. The SMILES string of the molecule is Cc1ccc(C)c2c1CC(C(=O)NC1CCC(N)CC1)N2. The molecule has 1 aliphatic carbocycles. The van der Waals surface area contributed by atoms with Crippen LogP contribution in [0.15, 0.2) is 12.1 Å². The Morgan fingerprint density at radius 3 is 2.52 bits per heavy atom. The summed E-state index contributed by atoms with van der Waals surface area (Å²) in [5.74, 6) is 0.130. The van der Waals surface area contributed by atoms with Crippen LogP contribution in [0.3, 0.4) is 0 Å². The summed E-state index contributed by atoms with van der Waals surface area (Å²) in [6, 6.07) is 4.74. The maximum Gasteiger partial charge on any atom is 0.243 e. The van der Waals surface area contributed by atoms with Crippen LogP contribution in [0, 0.1) is 13.8 Å². The van der Waals surface area contributed by atoms with Gasteiger partial charge in [0.1, 0.15) is 6.04 Å². The third-order valence-corrected chi connectivity index (χ3v) is 4.92. The predicted molar refractivity (Wildman–Crippen MR) is 85.4 cm³/mol. The molecule has 1 aromatic carbocycles. The maximum atomic E-state index is 12.5. The van der Waals surface area contributed by atoms with Crippen molar-refractivity contribution in [3.05, 3.63) is 28.8 Å². The summed E-state index contributed by atoms with van der Waals surface area (Å²) in [4.78, 5) is 12.5. The molecule has 1 unspecified atom stereocenters. The van der Waals surface area contributed by atoms with Gasteiger partial charge in [0, 0.05) is 24.2 Å². The molecule has 2 aliphatic rings. The Hall–Kier alpha value is -1.55. The van der Waals surface area contributed by atoms with Gasteiger partial charge >= 0.3 is 0 Å². The fraction of sp³-hybridized carbons (Fsp3) is 0.588. The largest absolute Gasteiger partial charge is 0.373 e. The van der Waals surface area contributed by atoms with Gasteiger partial charge in [-0.25, -0.2) is 0 Å². The van der Waals surface area contributed by atoms with E-state index in [9.17, 15) is 4.79 Å². The minimum atomic E-state index is -0.129. The smallest absolute Gasteiger partial charge is 0.243 e. The molecular weight excluding hydrogens is 262 g/mol. The molecule has 0 aromatic heterocycles. The van der Waals surface area contributed by atoms with Crippen molar-refractivity contribution < 1.29 is 4.79 Å². The van der Waals surface area contributed by atoms with Crippen molar-refractivity contribution >= 4 is 11.6 Å². The van der Waals surface area contributed by atoms with E-state index in [2.05, 4.69) is 36.6 Å². The summed E-state index contributed by atoms with van der Waals surface area (Å²) in [6.45, 7) is 4.21. The molecule has 1 aliphatic heterocycles. The van der Waals surface area contributed by atoms with Crippen molar-refractivity contribution in [3.63, 3.8) is 0 Å². The quantitative estimate of drug-likeness (QED) is 0.779. The lowest BCUT2D eigenvalue weighted by molar-refractivity contribution is -0.122. The molecule has 1 aromatic rings. The topological polar surface area (TPSA) is 67.2 Å². The first-order valence-electron chi connectivity index (χ1n) is 7.96. The second kappa shape index (κ2) is 5.68. The van der Waals surface area contributed by atoms with Crippen molar-refractivity contribution in [1.82, 2.24) is 5.32 Å². The first kappa shape index (κ1) is 14.4. The number of hydrogen-bond donors (Lipinski definition) is 3. The van der Waals surface area contributed by atoms with Crippen LogP contribution in [0.4, 0.5) is 5.69 Å². The van der Waals surface area contributed by atoms with Gasteiger partial charge in [0.05, 0.1) is 0 Å². The Balaban J connectivity index is 1.63. The van der Waals surface area contributed by atoms with Gasteiger partial charge in [-0.15, -0.1) is 0 Å². The molecule has 1 fully saturated rings. The number of carbonyl (C=O) groups is 1. The van der Waals surface area contributed by atoms with Gasteiger partial charge < -0.3 is 16.4 Å². The first-order chi connectivity index (χ1) is 10.0. The number of amides is 1. The van der Waals surface area contributed by atoms with Gasteiger partial charge in [-0.1, -0.05) is 12.1 Å². The van der Waals surface area contributed by atoms with E-state index in [0.29, 0.717) is 12.1 Å². The molecule has 1 amide bonds. The lowest BCUT2D eigenvalue weighted by Gasteiger charge is -2.27. The molecule has 1 heterocycles. The van der Waals surface area contributed by atoms with Gasteiger partial charge in [-0.3, -0.25) is 4.79 Å². The molecule has 0 radical (unpaired) electrons. The maximum absolute atomic E-state index is 12.5. The van der Waals surface area contributed by atoms with E-state index in [1.807, 2.05) is 0 Å². The average molecular weight is 287 g/mol. The Morgan fingerprint density at radius 2 is 1.86 bits per heavy atom. The van der Waals surface area contributed by atoms with Crippen molar-refractivity contribution in [1.29, 1.82) is 0 Å². The van der Waals surface area contributed by atoms with Crippen molar-refractivity contribution in [2.45, 2.75) is 64.1 Å².